The first-order valence-electron chi connectivity index (χ1n) is 15.0. The molecule has 0 radical (unpaired) electrons. The Morgan fingerprint density at radius 1 is 0.814 bits per heavy atom. The zero-order valence-corrected chi connectivity index (χ0v) is 26.3. The van der Waals surface area contributed by atoms with Gasteiger partial charge in [0.15, 0.2) is 0 Å². The van der Waals surface area contributed by atoms with Crippen molar-refractivity contribution < 1.29 is 14.1 Å². The van der Waals surface area contributed by atoms with Crippen LogP contribution in [0.25, 0.3) is 22.0 Å². The number of benzene rings is 4. The lowest BCUT2D eigenvalue weighted by atomic mass is 9.96. The highest BCUT2D eigenvalue weighted by molar-refractivity contribution is 6.00. The molecule has 2 N–H and O–H groups in total. The number of quaternary nitrogens is 1. The van der Waals surface area contributed by atoms with Crippen LogP contribution in [0, 0.1) is 13.8 Å². The summed E-state index contributed by atoms with van der Waals surface area (Å²) in [4.78, 5) is 25.9. The van der Waals surface area contributed by atoms with E-state index in [1.165, 1.54) is 22.4 Å². The van der Waals surface area contributed by atoms with Crippen molar-refractivity contribution in [3.63, 3.8) is 0 Å². The summed E-state index contributed by atoms with van der Waals surface area (Å²) in [6.45, 7) is 11.5. The summed E-state index contributed by atoms with van der Waals surface area (Å²) < 4.78 is 2.54. The van der Waals surface area contributed by atoms with Crippen LogP contribution >= 0.6 is 0 Å². The largest absolute Gasteiger partial charge is 0.366 e. The Balaban J connectivity index is 1.42. The quantitative estimate of drug-likeness (QED) is 0.191. The number of aryl methyl sites for hydroxylation is 1. The first-order valence-corrected chi connectivity index (χ1v) is 15.0. The number of amides is 2. The lowest BCUT2D eigenvalue weighted by Gasteiger charge is -2.34. The van der Waals surface area contributed by atoms with Crippen LogP contribution in [0.2, 0.25) is 0 Å². The molecule has 0 unspecified atom stereocenters. The summed E-state index contributed by atoms with van der Waals surface area (Å²) in [6, 6.07) is 30.5. The number of hydrogen-bond acceptors (Lipinski definition) is 2. The Bertz CT molecular complexity index is 1830. The van der Waals surface area contributed by atoms with Gasteiger partial charge in [0, 0.05) is 34.3 Å². The van der Waals surface area contributed by atoms with Gasteiger partial charge in [0.05, 0.1) is 19.7 Å². The van der Waals surface area contributed by atoms with Gasteiger partial charge in [-0.3, -0.25) is 9.28 Å². The maximum atomic E-state index is 14.0. The molecule has 0 aliphatic rings. The van der Waals surface area contributed by atoms with Gasteiger partial charge < -0.3 is 10.3 Å². The number of nitrogens with zero attached hydrogens (tertiary/aromatic N) is 2. The molecule has 5 rings (SSSR count). The van der Waals surface area contributed by atoms with Crippen LogP contribution < -0.4 is 5.73 Å². The third-order valence-electron chi connectivity index (χ3n) is 9.24. The Labute approximate surface area is 255 Å². The molecule has 5 aromatic rings. The molecule has 0 bridgehead atoms. The fourth-order valence-electron chi connectivity index (χ4n) is 5.97. The van der Waals surface area contributed by atoms with Gasteiger partial charge in [0.25, 0.3) is 0 Å². The molecule has 0 saturated heterocycles. The van der Waals surface area contributed by atoms with E-state index in [2.05, 4.69) is 87.7 Å². The molecule has 4 aromatic carbocycles. The number of fused-ring (bicyclic) bond motifs is 1. The van der Waals surface area contributed by atoms with E-state index in [-0.39, 0.29) is 16.4 Å². The normalized spacial score (nSPS) is 12.6. The zero-order valence-electron chi connectivity index (χ0n) is 26.3. The van der Waals surface area contributed by atoms with Crippen molar-refractivity contribution in [1.29, 1.82) is 0 Å². The van der Waals surface area contributed by atoms with Crippen molar-refractivity contribution in [3.05, 3.63) is 130 Å². The van der Waals surface area contributed by atoms with Crippen LogP contribution in [0.1, 0.15) is 81.4 Å². The average molecular weight is 573 g/mol. The van der Waals surface area contributed by atoms with Crippen molar-refractivity contribution in [2.24, 2.45) is 5.73 Å². The highest BCUT2D eigenvalue weighted by Gasteiger charge is 2.35. The van der Waals surface area contributed by atoms with Crippen LogP contribution in [0.5, 0.6) is 0 Å². The minimum Gasteiger partial charge on any atom is -0.366 e. The average Bonchev–Trinajstić information content (AvgIpc) is 3.24. The number of rotatable bonds is 8. The van der Waals surface area contributed by atoms with E-state index in [9.17, 15) is 9.59 Å². The van der Waals surface area contributed by atoms with E-state index in [0.29, 0.717) is 18.0 Å². The van der Waals surface area contributed by atoms with E-state index in [1.54, 1.807) is 6.07 Å². The summed E-state index contributed by atoms with van der Waals surface area (Å²) in [6.07, 6.45) is 0. The molecule has 1 aromatic heterocycles. The molecule has 0 aliphatic heterocycles. The summed E-state index contributed by atoms with van der Waals surface area (Å²) >= 11 is 0. The number of carbonyl (C=O) groups is 2. The molecule has 0 fully saturated rings. The molecule has 43 heavy (non-hydrogen) atoms. The van der Waals surface area contributed by atoms with Gasteiger partial charge in [-0.25, -0.2) is 4.79 Å². The van der Waals surface area contributed by atoms with Gasteiger partial charge in [0.2, 0.25) is 5.91 Å². The SMILES string of the molecule is Cc1c(C)n(Cc2ccc(-c3ccccc3C(N)=O)cc2)c2ccc(C(=O)[N+](C)(C)[C@@H](C)c3cccc(C(C)C)c3)cc12. The van der Waals surface area contributed by atoms with E-state index in [1.807, 2.05) is 50.5 Å². The van der Waals surface area contributed by atoms with Crippen molar-refractivity contribution >= 4 is 22.7 Å². The van der Waals surface area contributed by atoms with Crippen LogP contribution in [0.15, 0.2) is 91.0 Å². The standard InChI is InChI=1S/C38H41N3O2/c1-24(2)30-11-10-12-31(21-30)27(5)41(6,7)38(43)32-19-20-36-35(22-32)25(3)26(4)40(36)23-28-15-17-29(18-16-28)33-13-8-9-14-34(33)37(39)42/h8-22,24,27H,23H2,1-7H3,(H-,39,42)/p+1/t27-/m0/s1. The van der Waals surface area contributed by atoms with Gasteiger partial charge in [-0.2, -0.15) is 0 Å². The number of aromatic nitrogens is 1. The second-order valence-corrected chi connectivity index (χ2v) is 12.5. The topological polar surface area (TPSA) is 65.1 Å². The Morgan fingerprint density at radius 3 is 2.16 bits per heavy atom. The number of primary amides is 1. The summed E-state index contributed by atoms with van der Waals surface area (Å²) in [7, 11) is 4.02. The molecule has 0 aliphatic carbocycles. The van der Waals surface area contributed by atoms with Crippen molar-refractivity contribution in [1.82, 2.24) is 4.57 Å². The van der Waals surface area contributed by atoms with Crippen molar-refractivity contribution in [3.8, 4) is 11.1 Å². The minimum atomic E-state index is -0.431. The molecule has 0 spiro atoms. The van der Waals surface area contributed by atoms with E-state index >= 15 is 0 Å². The molecule has 0 saturated carbocycles. The highest BCUT2D eigenvalue weighted by atomic mass is 16.2. The van der Waals surface area contributed by atoms with Crippen molar-refractivity contribution in [2.45, 2.75) is 53.1 Å². The van der Waals surface area contributed by atoms with Crippen LogP contribution in [0.4, 0.5) is 0 Å². The maximum absolute atomic E-state index is 14.0. The van der Waals surface area contributed by atoms with E-state index < -0.39 is 5.91 Å². The first-order chi connectivity index (χ1) is 20.4. The van der Waals surface area contributed by atoms with Crippen LogP contribution in [-0.2, 0) is 6.54 Å². The minimum absolute atomic E-state index is 0.00670. The second kappa shape index (κ2) is 11.7. The van der Waals surface area contributed by atoms with Gasteiger partial charge in [-0.15, -0.1) is 0 Å². The highest BCUT2D eigenvalue weighted by Crippen LogP contribution is 2.32. The molecule has 5 heteroatoms. The Morgan fingerprint density at radius 2 is 1.49 bits per heavy atom. The fourth-order valence-corrected chi connectivity index (χ4v) is 5.97. The summed E-state index contributed by atoms with van der Waals surface area (Å²) in [5.74, 6) is 0.105. The molecular formula is C38H42N3O2+. The first kappa shape index (κ1) is 30.0. The Kier molecular flexibility index (Phi) is 8.13. The molecule has 1 heterocycles. The lowest BCUT2D eigenvalue weighted by Crippen LogP contribution is -2.47. The monoisotopic (exact) mass is 572 g/mol. The number of nitrogens with two attached hydrogens (primary N) is 1. The molecule has 2 amide bonds. The second-order valence-electron chi connectivity index (χ2n) is 12.5. The third kappa shape index (κ3) is 5.65. The lowest BCUT2D eigenvalue weighted by molar-refractivity contribution is -0.839. The fraction of sp³-hybridized carbons (Fsp3) is 0.263. The summed E-state index contributed by atoms with van der Waals surface area (Å²) in [5, 5.41) is 1.10. The van der Waals surface area contributed by atoms with Gasteiger partial charge >= 0.3 is 5.91 Å². The van der Waals surface area contributed by atoms with Crippen LogP contribution in [0.3, 0.4) is 0 Å². The van der Waals surface area contributed by atoms with Gasteiger partial charge in [-0.1, -0.05) is 74.5 Å². The molecule has 220 valence electrons. The molecule has 1 atom stereocenters. The molecular weight excluding hydrogens is 530 g/mol. The van der Waals surface area contributed by atoms with E-state index in [4.69, 9.17) is 5.73 Å². The third-order valence-corrected chi connectivity index (χ3v) is 9.24. The van der Waals surface area contributed by atoms with Gasteiger partial charge in [0.1, 0.15) is 6.04 Å². The number of hydrogen-bond donors (Lipinski definition) is 1. The van der Waals surface area contributed by atoms with Crippen molar-refractivity contribution in [2.75, 3.05) is 14.1 Å². The predicted octanol–water partition coefficient (Wildman–Crippen LogP) is 8.17. The van der Waals surface area contributed by atoms with E-state index in [0.717, 1.165) is 33.2 Å². The molecule has 5 nitrogen and oxygen atoms in total. The van der Waals surface area contributed by atoms with Gasteiger partial charge in [-0.05, 0) is 84.8 Å². The Hall–Kier alpha value is -4.48. The summed E-state index contributed by atoms with van der Waals surface area (Å²) in [5.41, 5.74) is 15.7. The van der Waals surface area contributed by atoms with Crippen LogP contribution in [-0.4, -0.2) is 35.0 Å². The maximum Gasteiger partial charge on any atom is 0.345 e. The smallest absolute Gasteiger partial charge is 0.345 e. The number of carbonyl (C=O) groups excluding carboxylic acids is 2. The predicted molar refractivity (Wildman–Crippen MR) is 176 cm³/mol. The zero-order chi connectivity index (χ0) is 31.1.